The summed E-state index contributed by atoms with van der Waals surface area (Å²) in [5.74, 6) is -0.151. The van der Waals surface area contributed by atoms with Crippen molar-refractivity contribution in [3.05, 3.63) is 210 Å². The van der Waals surface area contributed by atoms with Crippen LogP contribution in [0.3, 0.4) is 0 Å². The van der Waals surface area contributed by atoms with Crippen molar-refractivity contribution in [2.45, 2.75) is 12.3 Å². The van der Waals surface area contributed by atoms with Gasteiger partial charge in [-0.25, -0.2) is 0 Å². The average molecular weight is 658 g/mol. The highest BCUT2D eigenvalue weighted by Gasteiger charge is 2.28. The van der Waals surface area contributed by atoms with Gasteiger partial charge in [0.05, 0.1) is 0 Å². The Morgan fingerprint density at radius 3 is 1.82 bits per heavy atom. The summed E-state index contributed by atoms with van der Waals surface area (Å²) in [4.78, 5) is 21.4. The standard InChI is InChI=1S/C47H35N3O/c51-47(36-28-27-31-15-7-8-20-34(31)29-36)50-39-24-12-9-21-35(39)30-42-44(37-22-10-13-25-40(37)48-42)45-38-23-11-14-26-41(38)49-46(45)43(32-16-3-1-4-17-32)33-18-5-2-6-19-33/h1-29,43,48-49H,30H2,(H,50,51). The van der Waals surface area contributed by atoms with Crippen LogP contribution >= 0.6 is 0 Å². The summed E-state index contributed by atoms with van der Waals surface area (Å²) in [5, 5.41) is 7.73. The molecule has 7 aromatic carbocycles. The number of para-hydroxylation sites is 3. The van der Waals surface area contributed by atoms with Crippen molar-refractivity contribution in [3.63, 3.8) is 0 Å². The maximum atomic E-state index is 13.7. The van der Waals surface area contributed by atoms with E-state index in [2.05, 4.69) is 137 Å². The predicted molar refractivity (Wildman–Crippen MR) is 211 cm³/mol. The summed E-state index contributed by atoms with van der Waals surface area (Å²) in [6.07, 6.45) is 0.596. The minimum absolute atomic E-state index is 0.0233. The normalized spacial score (nSPS) is 11.5. The lowest BCUT2D eigenvalue weighted by Gasteiger charge is -2.20. The van der Waals surface area contributed by atoms with E-state index in [4.69, 9.17) is 0 Å². The minimum atomic E-state index is -0.127. The second-order valence-electron chi connectivity index (χ2n) is 13.1. The number of aromatic amines is 2. The molecule has 244 valence electrons. The summed E-state index contributed by atoms with van der Waals surface area (Å²) in [7, 11) is 0. The average Bonchev–Trinajstić information content (AvgIpc) is 3.73. The van der Waals surface area contributed by atoms with E-state index in [1.165, 1.54) is 27.6 Å². The van der Waals surface area contributed by atoms with Gasteiger partial charge in [-0.05, 0) is 57.8 Å². The number of hydrogen-bond acceptors (Lipinski definition) is 1. The molecule has 2 heterocycles. The summed E-state index contributed by atoms with van der Waals surface area (Å²) in [6, 6.07) is 60.8. The molecule has 9 rings (SSSR count). The minimum Gasteiger partial charge on any atom is -0.358 e. The molecule has 0 saturated heterocycles. The smallest absolute Gasteiger partial charge is 0.255 e. The molecule has 0 saturated carbocycles. The van der Waals surface area contributed by atoms with Gasteiger partial charge in [-0.3, -0.25) is 4.79 Å². The Morgan fingerprint density at radius 1 is 0.529 bits per heavy atom. The van der Waals surface area contributed by atoms with E-state index in [9.17, 15) is 4.79 Å². The lowest BCUT2D eigenvalue weighted by Crippen LogP contribution is -2.13. The summed E-state index contributed by atoms with van der Waals surface area (Å²) in [6.45, 7) is 0. The first-order valence-corrected chi connectivity index (χ1v) is 17.4. The van der Waals surface area contributed by atoms with Gasteiger partial charge in [0, 0.05) is 67.9 Å². The number of fused-ring (bicyclic) bond motifs is 3. The number of nitrogens with one attached hydrogen (secondary N) is 3. The second-order valence-corrected chi connectivity index (χ2v) is 13.1. The number of amides is 1. The topological polar surface area (TPSA) is 60.7 Å². The lowest BCUT2D eigenvalue weighted by molar-refractivity contribution is 0.102. The fourth-order valence-corrected chi connectivity index (χ4v) is 7.59. The SMILES string of the molecule is O=C(Nc1ccccc1Cc1[nH]c2ccccc2c1-c1c(C(c2ccccc2)c2ccccc2)[nH]c2ccccc12)c1ccc2ccccc2c1. The first-order valence-electron chi connectivity index (χ1n) is 17.4. The third-order valence-corrected chi connectivity index (χ3v) is 9.97. The van der Waals surface area contributed by atoms with Crippen molar-refractivity contribution in [1.82, 2.24) is 9.97 Å². The molecule has 4 heteroatoms. The van der Waals surface area contributed by atoms with Crippen molar-refractivity contribution < 1.29 is 4.79 Å². The molecule has 2 aromatic heterocycles. The molecular formula is C47H35N3O. The molecule has 4 nitrogen and oxygen atoms in total. The first kappa shape index (κ1) is 30.4. The molecule has 0 aliphatic carbocycles. The van der Waals surface area contributed by atoms with Crippen molar-refractivity contribution in [2.75, 3.05) is 5.32 Å². The molecule has 0 radical (unpaired) electrons. The monoisotopic (exact) mass is 657 g/mol. The van der Waals surface area contributed by atoms with E-state index in [1.54, 1.807) is 0 Å². The zero-order chi connectivity index (χ0) is 34.1. The van der Waals surface area contributed by atoms with Crippen molar-refractivity contribution in [2.24, 2.45) is 0 Å². The Kier molecular flexibility index (Phi) is 7.75. The maximum absolute atomic E-state index is 13.7. The van der Waals surface area contributed by atoms with Crippen LogP contribution in [0.15, 0.2) is 176 Å². The van der Waals surface area contributed by atoms with E-state index in [-0.39, 0.29) is 11.8 Å². The number of anilines is 1. The highest BCUT2D eigenvalue weighted by Crippen LogP contribution is 2.46. The van der Waals surface area contributed by atoms with Gasteiger partial charge in [-0.1, -0.05) is 146 Å². The molecule has 0 spiro atoms. The van der Waals surface area contributed by atoms with E-state index < -0.39 is 0 Å². The van der Waals surface area contributed by atoms with E-state index in [0.29, 0.717) is 12.0 Å². The Labute approximate surface area is 296 Å². The number of benzene rings is 7. The number of hydrogen-bond donors (Lipinski definition) is 3. The van der Waals surface area contributed by atoms with Crippen molar-refractivity contribution in [1.29, 1.82) is 0 Å². The van der Waals surface area contributed by atoms with Crippen molar-refractivity contribution in [3.8, 4) is 11.1 Å². The van der Waals surface area contributed by atoms with Crippen LogP contribution in [0.5, 0.6) is 0 Å². The molecule has 51 heavy (non-hydrogen) atoms. The Morgan fingerprint density at radius 2 is 1.10 bits per heavy atom. The highest BCUT2D eigenvalue weighted by atomic mass is 16.1. The maximum Gasteiger partial charge on any atom is 0.255 e. The molecule has 0 atom stereocenters. The van der Waals surface area contributed by atoms with Crippen LogP contribution in [0.1, 0.15) is 44.4 Å². The van der Waals surface area contributed by atoms with Crippen LogP contribution < -0.4 is 5.32 Å². The van der Waals surface area contributed by atoms with E-state index in [1.807, 2.05) is 54.6 Å². The van der Waals surface area contributed by atoms with Gasteiger partial charge in [0.2, 0.25) is 0 Å². The van der Waals surface area contributed by atoms with Crippen LogP contribution in [0, 0.1) is 0 Å². The molecular weight excluding hydrogens is 623 g/mol. The largest absolute Gasteiger partial charge is 0.358 e. The van der Waals surface area contributed by atoms with Crippen molar-refractivity contribution >= 4 is 44.2 Å². The molecule has 0 aliphatic rings. The Hall–Kier alpha value is -6.65. The zero-order valence-electron chi connectivity index (χ0n) is 27.9. The molecule has 3 N–H and O–H groups in total. The molecule has 0 fully saturated rings. The molecule has 0 bridgehead atoms. The summed E-state index contributed by atoms with van der Waals surface area (Å²) in [5.41, 5.74) is 11.7. The number of H-pyrrole nitrogens is 2. The number of rotatable bonds is 8. The quantitative estimate of drug-likeness (QED) is 0.150. The molecule has 0 unspecified atom stereocenters. The van der Waals surface area contributed by atoms with Gasteiger partial charge in [0.15, 0.2) is 0 Å². The summed E-state index contributed by atoms with van der Waals surface area (Å²) >= 11 is 0. The second kappa shape index (κ2) is 13.0. The van der Waals surface area contributed by atoms with Crippen LogP contribution in [0.4, 0.5) is 5.69 Å². The van der Waals surface area contributed by atoms with Crippen LogP contribution in [-0.4, -0.2) is 15.9 Å². The fourth-order valence-electron chi connectivity index (χ4n) is 7.59. The van der Waals surface area contributed by atoms with Crippen LogP contribution in [-0.2, 0) is 6.42 Å². The fraction of sp³-hybridized carbons (Fsp3) is 0.0426. The molecule has 1 amide bonds. The Bertz CT molecular complexity index is 2630. The summed E-state index contributed by atoms with van der Waals surface area (Å²) < 4.78 is 0. The van der Waals surface area contributed by atoms with Gasteiger partial charge in [0.25, 0.3) is 5.91 Å². The number of carbonyl (C=O) groups is 1. The predicted octanol–water partition coefficient (Wildman–Crippen LogP) is 11.5. The first-order chi connectivity index (χ1) is 25.2. The zero-order valence-corrected chi connectivity index (χ0v) is 27.9. The molecule has 9 aromatic rings. The van der Waals surface area contributed by atoms with E-state index in [0.717, 1.165) is 49.8 Å². The third kappa shape index (κ3) is 5.67. The van der Waals surface area contributed by atoms with Gasteiger partial charge in [0.1, 0.15) is 0 Å². The van der Waals surface area contributed by atoms with Gasteiger partial charge >= 0.3 is 0 Å². The highest BCUT2D eigenvalue weighted by molar-refractivity contribution is 6.09. The number of aromatic nitrogens is 2. The van der Waals surface area contributed by atoms with Crippen LogP contribution in [0.2, 0.25) is 0 Å². The van der Waals surface area contributed by atoms with Gasteiger partial charge < -0.3 is 15.3 Å². The number of carbonyl (C=O) groups excluding carboxylic acids is 1. The third-order valence-electron chi connectivity index (χ3n) is 9.97. The van der Waals surface area contributed by atoms with E-state index >= 15 is 0 Å². The van der Waals surface area contributed by atoms with Crippen LogP contribution in [0.25, 0.3) is 43.7 Å². The van der Waals surface area contributed by atoms with Gasteiger partial charge in [-0.2, -0.15) is 0 Å². The molecule has 0 aliphatic heterocycles. The lowest BCUT2D eigenvalue weighted by atomic mass is 9.84. The Balaban J connectivity index is 1.19. The van der Waals surface area contributed by atoms with Gasteiger partial charge in [-0.15, -0.1) is 0 Å².